The van der Waals surface area contributed by atoms with Gasteiger partial charge in [-0.2, -0.15) is 4.31 Å². The highest BCUT2D eigenvalue weighted by molar-refractivity contribution is 7.91. The second-order valence-electron chi connectivity index (χ2n) is 4.88. The standard InChI is InChI=1S/C14H12ClN3O3S4/c1-18(25(20,21)13-3-2-6-22-13)7-12(19)17-14-16-9(8-23-14)10-4-5-11(15)24-10/h2-6,8H,7H2,1H3,(H,16,17,19). The third kappa shape index (κ3) is 4.27. The van der Waals surface area contributed by atoms with Gasteiger partial charge in [-0.3, -0.25) is 4.79 Å². The third-order valence-corrected chi connectivity index (χ3v) is 8.29. The number of hydrogen-bond acceptors (Lipinski definition) is 7. The monoisotopic (exact) mass is 433 g/mol. The van der Waals surface area contributed by atoms with Gasteiger partial charge in [-0.05, 0) is 23.6 Å². The van der Waals surface area contributed by atoms with Crippen LogP contribution >= 0.6 is 45.6 Å². The third-order valence-electron chi connectivity index (χ3n) is 3.10. The van der Waals surface area contributed by atoms with Crippen LogP contribution in [0.25, 0.3) is 10.6 Å². The van der Waals surface area contributed by atoms with E-state index in [0.717, 1.165) is 26.2 Å². The van der Waals surface area contributed by atoms with E-state index in [-0.39, 0.29) is 10.8 Å². The second-order valence-corrected chi connectivity index (χ2v) is 10.7. The lowest BCUT2D eigenvalue weighted by molar-refractivity contribution is -0.116. The summed E-state index contributed by atoms with van der Waals surface area (Å²) >= 11 is 9.68. The van der Waals surface area contributed by atoms with Crippen LogP contribution < -0.4 is 5.32 Å². The lowest BCUT2D eigenvalue weighted by atomic mass is 10.4. The number of anilines is 1. The van der Waals surface area contributed by atoms with Gasteiger partial charge in [0.15, 0.2) is 5.13 Å². The zero-order valence-corrected chi connectivity index (χ0v) is 16.8. The summed E-state index contributed by atoms with van der Waals surface area (Å²) in [5.41, 5.74) is 0.719. The first-order chi connectivity index (χ1) is 11.9. The molecular weight excluding hydrogens is 422 g/mol. The summed E-state index contributed by atoms with van der Waals surface area (Å²) in [7, 11) is -2.29. The van der Waals surface area contributed by atoms with Crippen molar-refractivity contribution in [1.82, 2.24) is 9.29 Å². The number of hydrogen-bond donors (Lipinski definition) is 1. The fourth-order valence-corrected chi connectivity index (χ4v) is 6.04. The molecule has 3 rings (SSSR count). The maximum absolute atomic E-state index is 12.3. The molecule has 0 aromatic carbocycles. The molecular formula is C14H12ClN3O3S4. The number of thiophene rings is 2. The van der Waals surface area contributed by atoms with E-state index in [1.807, 2.05) is 11.4 Å². The van der Waals surface area contributed by atoms with Crippen molar-refractivity contribution in [3.8, 4) is 10.6 Å². The molecule has 1 N–H and O–H groups in total. The summed E-state index contributed by atoms with van der Waals surface area (Å²) in [5.74, 6) is -0.451. The Hall–Kier alpha value is -1.30. The van der Waals surface area contributed by atoms with Gasteiger partial charge < -0.3 is 5.32 Å². The number of sulfonamides is 1. The van der Waals surface area contributed by atoms with E-state index >= 15 is 0 Å². The van der Waals surface area contributed by atoms with Gasteiger partial charge >= 0.3 is 0 Å². The van der Waals surface area contributed by atoms with Crippen molar-refractivity contribution in [2.75, 3.05) is 18.9 Å². The average Bonchev–Trinajstić information content (AvgIpc) is 3.27. The Morgan fingerprint density at radius 2 is 2.12 bits per heavy atom. The summed E-state index contributed by atoms with van der Waals surface area (Å²) in [4.78, 5) is 17.4. The number of amides is 1. The van der Waals surface area contributed by atoms with Gasteiger partial charge in [0.25, 0.3) is 10.0 Å². The van der Waals surface area contributed by atoms with E-state index in [0.29, 0.717) is 9.47 Å². The van der Waals surface area contributed by atoms with Crippen LogP contribution in [-0.4, -0.2) is 37.2 Å². The molecule has 0 aliphatic carbocycles. The number of likely N-dealkylation sites (N-methyl/N-ethyl adjacent to an activating group) is 1. The van der Waals surface area contributed by atoms with Gasteiger partial charge in [-0.25, -0.2) is 13.4 Å². The van der Waals surface area contributed by atoms with E-state index in [4.69, 9.17) is 11.6 Å². The van der Waals surface area contributed by atoms with Gasteiger partial charge in [0.2, 0.25) is 5.91 Å². The predicted octanol–water partition coefficient (Wildman–Crippen LogP) is 3.85. The van der Waals surface area contributed by atoms with Crippen LogP contribution in [0.3, 0.4) is 0 Å². The van der Waals surface area contributed by atoms with Crippen molar-refractivity contribution in [3.05, 3.63) is 39.4 Å². The highest BCUT2D eigenvalue weighted by Crippen LogP contribution is 2.32. The molecule has 0 atom stereocenters. The smallest absolute Gasteiger partial charge is 0.252 e. The van der Waals surface area contributed by atoms with Crippen molar-refractivity contribution in [2.45, 2.75) is 4.21 Å². The summed E-state index contributed by atoms with van der Waals surface area (Å²) in [6.07, 6.45) is 0. The molecule has 6 nitrogen and oxygen atoms in total. The van der Waals surface area contributed by atoms with Crippen LogP contribution in [0.15, 0.2) is 39.2 Å². The first kappa shape index (κ1) is 18.5. The van der Waals surface area contributed by atoms with E-state index in [1.54, 1.807) is 17.5 Å². The number of nitrogens with zero attached hydrogens (tertiary/aromatic N) is 2. The minimum Gasteiger partial charge on any atom is -0.301 e. The number of aromatic nitrogens is 1. The molecule has 0 unspecified atom stereocenters. The van der Waals surface area contributed by atoms with Gasteiger partial charge in [0.05, 0.1) is 21.5 Å². The van der Waals surface area contributed by atoms with E-state index in [1.165, 1.54) is 35.8 Å². The van der Waals surface area contributed by atoms with Crippen LogP contribution in [-0.2, 0) is 14.8 Å². The van der Waals surface area contributed by atoms with Crippen molar-refractivity contribution in [3.63, 3.8) is 0 Å². The van der Waals surface area contributed by atoms with Crippen LogP contribution in [0, 0.1) is 0 Å². The fraction of sp³-hybridized carbons (Fsp3) is 0.143. The van der Waals surface area contributed by atoms with Crippen molar-refractivity contribution in [1.29, 1.82) is 0 Å². The minimum atomic E-state index is -3.66. The predicted molar refractivity (Wildman–Crippen MR) is 103 cm³/mol. The fourth-order valence-electron chi connectivity index (χ4n) is 1.91. The number of thiazole rings is 1. The number of rotatable bonds is 6. The molecule has 0 bridgehead atoms. The molecule has 25 heavy (non-hydrogen) atoms. The first-order valence-corrected chi connectivity index (χ1v) is 11.3. The SMILES string of the molecule is CN(CC(=O)Nc1nc(-c2ccc(Cl)s2)cs1)S(=O)(=O)c1cccs1. The van der Waals surface area contributed by atoms with Gasteiger partial charge in [-0.1, -0.05) is 17.7 Å². The van der Waals surface area contributed by atoms with Gasteiger partial charge in [0.1, 0.15) is 4.21 Å². The Kier molecular flexibility index (Phi) is 5.56. The summed E-state index contributed by atoms with van der Waals surface area (Å²) in [6.45, 7) is -0.292. The Balaban J connectivity index is 1.64. The highest BCUT2D eigenvalue weighted by atomic mass is 35.5. The molecule has 132 valence electrons. The summed E-state index contributed by atoms with van der Waals surface area (Å²) in [5, 5.41) is 6.52. The second kappa shape index (κ2) is 7.52. The molecule has 0 aliphatic rings. The average molecular weight is 434 g/mol. The molecule has 3 heterocycles. The molecule has 11 heteroatoms. The molecule has 0 aliphatic heterocycles. The molecule has 0 saturated heterocycles. The molecule has 0 spiro atoms. The Morgan fingerprint density at radius 3 is 2.76 bits per heavy atom. The topological polar surface area (TPSA) is 79.4 Å². The van der Waals surface area contributed by atoms with Gasteiger partial charge in [-0.15, -0.1) is 34.0 Å². The van der Waals surface area contributed by atoms with Crippen LogP contribution in [0.2, 0.25) is 4.34 Å². The first-order valence-electron chi connectivity index (χ1n) is 6.87. The summed E-state index contributed by atoms with van der Waals surface area (Å²) < 4.78 is 26.5. The molecule has 0 saturated carbocycles. The lowest BCUT2D eigenvalue weighted by Gasteiger charge is -2.14. The van der Waals surface area contributed by atoms with Crippen LogP contribution in [0.5, 0.6) is 0 Å². The normalized spacial score (nSPS) is 11.8. The molecule has 0 fully saturated rings. The quantitative estimate of drug-likeness (QED) is 0.640. The van der Waals surface area contributed by atoms with Gasteiger partial charge in [0, 0.05) is 12.4 Å². The van der Waals surface area contributed by atoms with E-state index in [2.05, 4.69) is 10.3 Å². The Labute approximate surface area is 161 Å². The largest absolute Gasteiger partial charge is 0.301 e. The number of nitrogens with one attached hydrogen (secondary N) is 1. The minimum absolute atomic E-state index is 0.203. The lowest BCUT2D eigenvalue weighted by Crippen LogP contribution is -2.34. The van der Waals surface area contributed by atoms with E-state index in [9.17, 15) is 13.2 Å². The molecule has 3 aromatic rings. The number of carbonyl (C=O) groups is 1. The Bertz CT molecular complexity index is 979. The molecule has 1 amide bonds. The van der Waals surface area contributed by atoms with Crippen molar-refractivity contribution < 1.29 is 13.2 Å². The van der Waals surface area contributed by atoms with Crippen LogP contribution in [0.1, 0.15) is 0 Å². The van der Waals surface area contributed by atoms with Crippen LogP contribution in [0.4, 0.5) is 5.13 Å². The van der Waals surface area contributed by atoms with E-state index < -0.39 is 15.9 Å². The van der Waals surface area contributed by atoms with Crippen molar-refractivity contribution >= 4 is 66.7 Å². The maximum atomic E-state index is 12.3. The zero-order chi connectivity index (χ0) is 18.0. The zero-order valence-electron chi connectivity index (χ0n) is 12.8. The van der Waals surface area contributed by atoms with Crippen molar-refractivity contribution in [2.24, 2.45) is 0 Å². The number of carbonyl (C=O) groups excluding carboxylic acids is 1. The summed E-state index contributed by atoms with van der Waals surface area (Å²) in [6, 6.07) is 6.80. The highest BCUT2D eigenvalue weighted by Gasteiger charge is 2.24. The Morgan fingerprint density at radius 1 is 1.32 bits per heavy atom. The molecule has 0 radical (unpaired) electrons. The number of halogens is 1. The maximum Gasteiger partial charge on any atom is 0.252 e. The molecule has 3 aromatic heterocycles.